The molecule has 4 atom stereocenters. The molecule has 0 spiro atoms. The third kappa shape index (κ3) is 2.15. The van der Waals surface area contributed by atoms with Crippen molar-refractivity contribution in [2.45, 2.75) is 24.5 Å². The maximum absolute atomic E-state index is 9.72. The van der Waals surface area contributed by atoms with Crippen molar-refractivity contribution in [2.24, 2.45) is 5.73 Å². The van der Waals surface area contributed by atoms with Crippen molar-refractivity contribution in [3.63, 3.8) is 0 Å². The van der Waals surface area contributed by atoms with Crippen LogP contribution in [0.15, 0.2) is 6.33 Å². The molecule has 0 aliphatic carbocycles. The van der Waals surface area contributed by atoms with Crippen molar-refractivity contribution in [3.05, 3.63) is 12.2 Å². The molecule has 0 aromatic carbocycles. The summed E-state index contributed by atoms with van der Waals surface area (Å²) in [7, 11) is 0. The van der Waals surface area contributed by atoms with Gasteiger partial charge in [-0.3, -0.25) is 0 Å². The van der Waals surface area contributed by atoms with Crippen LogP contribution in [0, 0.1) is 0 Å². The standard InChI is InChI=1S/C8H12N4O4S/c9-6(17)7-10-2-12(11-7)8-5(15)4(14)3(1-13)16-8/h2-5,8,13-15H,1H2,(H2,9,17). The fraction of sp³-hybridized carbons (Fsp3) is 0.625. The summed E-state index contributed by atoms with van der Waals surface area (Å²) < 4.78 is 6.45. The van der Waals surface area contributed by atoms with E-state index in [9.17, 15) is 10.2 Å². The van der Waals surface area contributed by atoms with Gasteiger partial charge in [0.2, 0.25) is 5.82 Å². The Balaban J connectivity index is 2.19. The second-order valence-electron chi connectivity index (χ2n) is 3.64. The molecule has 1 aromatic rings. The van der Waals surface area contributed by atoms with Gasteiger partial charge in [-0.05, 0) is 0 Å². The number of nitrogens with two attached hydrogens (primary N) is 1. The third-order valence-electron chi connectivity index (χ3n) is 2.51. The van der Waals surface area contributed by atoms with Gasteiger partial charge in [0.05, 0.1) is 6.61 Å². The van der Waals surface area contributed by atoms with Gasteiger partial charge < -0.3 is 25.8 Å². The van der Waals surface area contributed by atoms with Crippen LogP contribution in [0.5, 0.6) is 0 Å². The first-order valence-electron chi connectivity index (χ1n) is 4.88. The predicted molar refractivity (Wildman–Crippen MR) is 58.9 cm³/mol. The summed E-state index contributed by atoms with van der Waals surface area (Å²) in [4.78, 5) is 3.84. The van der Waals surface area contributed by atoms with E-state index in [0.29, 0.717) is 0 Å². The lowest BCUT2D eigenvalue weighted by molar-refractivity contribution is -0.0588. The second kappa shape index (κ2) is 4.63. The molecule has 0 bridgehead atoms. The van der Waals surface area contributed by atoms with Gasteiger partial charge in [0.1, 0.15) is 29.6 Å². The highest BCUT2D eigenvalue weighted by Gasteiger charge is 2.43. The summed E-state index contributed by atoms with van der Waals surface area (Å²) in [6.45, 7) is -0.397. The van der Waals surface area contributed by atoms with E-state index in [1.807, 2.05) is 0 Å². The lowest BCUT2D eigenvalue weighted by atomic mass is 10.1. The van der Waals surface area contributed by atoms with E-state index in [2.05, 4.69) is 10.1 Å². The fourth-order valence-electron chi connectivity index (χ4n) is 1.61. The molecule has 17 heavy (non-hydrogen) atoms. The van der Waals surface area contributed by atoms with Crippen LogP contribution in [0.3, 0.4) is 0 Å². The molecule has 2 rings (SSSR count). The lowest BCUT2D eigenvalue weighted by Crippen LogP contribution is -2.33. The Morgan fingerprint density at radius 3 is 2.71 bits per heavy atom. The van der Waals surface area contributed by atoms with Crippen LogP contribution in [-0.4, -0.2) is 60.0 Å². The van der Waals surface area contributed by atoms with Gasteiger partial charge in [0.15, 0.2) is 6.23 Å². The minimum atomic E-state index is -1.20. The molecule has 0 saturated carbocycles. The maximum atomic E-state index is 9.72. The summed E-state index contributed by atoms with van der Waals surface area (Å²) in [5.74, 6) is 0.151. The van der Waals surface area contributed by atoms with Gasteiger partial charge >= 0.3 is 0 Å². The van der Waals surface area contributed by atoms with Gasteiger partial charge in [-0.15, -0.1) is 5.10 Å². The number of hydrogen-bond acceptors (Lipinski definition) is 7. The maximum Gasteiger partial charge on any atom is 0.208 e. The summed E-state index contributed by atoms with van der Waals surface area (Å²) in [6, 6.07) is 0. The van der Waals surface area contributed by atoms with Crippen LogP contribution < -0.4 is 5.73 Å². The number of aliphatic hydroxyl groups excluding tert-OH is 3. The van der Waals surface area contributed by atoms with Crippen LogP contribution in [0.25, 0.3) is 0 Å². The SMILES string of the molecule is NC(=S)c1ncn(C2OC(CO)C(O)C2O)n1. The molecule has 5 N–H and O–H groups in total. The van der Waals surface area contributed by atoms with E-state index >= 15 is 0 Å². The number of aliphatic hydroxyl groups is 3. The number of ether oxygens (including phenoxy) is 1. The zero-order valence-corrected chi connectivity index (χ0v) is 9.49. The monoisotopic (exact) mass is 260 g/mol. The largest absolute Gasteiger partial charge is 0.394 e. The number of thiocarbonyl (C=S) groups is 1. The normalized spacial score (nSPS) is 32.9. The van der Waals surface area contributed by atoms with E-state index in [1.54, 1.807) is 0 Å². The zero-order valence-electron chi connectivity index (χ0n) is 8.67. The van der Waals surface area contributed by atoms with Crippen molar-refractivity contribution >= 4 is 17.2 Å². The van der Waals surface area contributed by atoms with Gasteiger partial charge in [0.25, 0.3) is 0 Å². The average Bonchev–Trinajstić information content (AvgIpc) is 2.87. The molecule has 8 nitrogen and oxygen atoms in total. The highest BCUT2D eigenvalue weighted by atomic mass is 32.1. The highest BCUT2D eigenvalue weighted by Crippen LogP contribution is 2.28. The molecular weight excluding hydrogens is 248 g/mol. The molecule has 94 valence electrons. The molecule has 0 amide bonds. The molecule has 1 saturated heterocycles. The fourth-order valence-corrected chi connectivity index (χ4v) is 1.70. The first kappa shape index (κ1) is 12.3. The Bertz CT molecular complexity index is 425. The minimum Gasteiger partial charge on any atom is -0.394 e. The Kier molecular flexibility index (Phi) is 3.35. The molecule has 2 heterocycles. The van der Waals surface area contributed by atoms with E-state index in [-0.39, 0.29) is 10.8 Å². The molecule has 4 unspecified atom stereocenters. The van der Waals surface area contributed by atoms with Gasteiger partial charge in [-0.1, -0.05) is 12.2 Å². The van der Waals surface area contributed by atoms with Crippen LogP contribution in [0.2, 0.25) is 0 Å². The molecule has 1 aliphatic heterocycles. The van der Waals surface area contributed by atoms with E-state index in [0.717, 1.165) is 0 Å². The molecule has 1 aromatic heterocycles. The van der Waals surface area contributed by atoms with Crippen LogP contribution >= 0.6 is 12.2 Å². The Morgan fingerprint density at radius 2 is 2.24 bits per heavy atom. The topological polar surface area (TPSA) is 127 Å². The molecule has 9 heteroatoms. The van der Waals surface area contributed by atoms with E-state index < -0.39 is 31.1 Å². The summed E-state index contributed by atoms with van der Waals surface area (Å²) >= 11 is 4.70. The van der Waals surface area contributed by atoms with Gasteiger partial charge in [-0.2, -0.15) is 0 Å². The van der Waals surface area contributed by atoms with Crippen LogP contribution in [0.4, 0.5) is 0 Å². The molecule has 1 aliphatic rings. The summed E-state index contributed by atoms with van der Waals surface area (Å²) in [5, 5.41) is 32.1. The predicted octanol–water partition coefficient (Wildman–Crippen LogP) is -2.48. The van der Waals surface area contributed by atoms with Crippen molar-refractivity contribution in [1.82, 2.24) is 14.8 Å². The molecule has 1 fully saturated rings. The van der Waals surface area contributed by atoms with Gasteiger partial charge in [-0.25, -0.2) is 9.67 Å². The Labute approximate surface area is 102 Å². The van der Waals surface area contributed by atoms with Crippen LogP contribution in [-0.2, 0) is 4.74 Å². The van der Waals surface area contributed by atoms with E-state index in [4.69, 9.17) is 27.8 Å². The lowest BCUT2D eigenvalue weighted by Gasteiger charge is -2.13. The van der Waals surface area contributed by atoms with E-state index in [1.165, 1.54) is 11.0 Å². The smallest absolute Gasteiger partial charge is 0.208 e. The number of rotatable bonds is 3. The van der Waals surface area contributed by atoms with Crippen molar-refractivity contribution in [1.29, 1.82) is 0 Å². The highest BCUT2D eigenvalue weighted by molar-refractivity contribution is 7.80. The third-order valence-corrected chi connectivity index (χ3v) is 2.69. The summed E-state index contributed by atoms with van der Waals surface area (Å²) in [6.07, 6.45) is -2.87. The van der Waals surface area contributed by atoms with Crippen molar-refractivity contribution in [3.8, 4) is 0 Å². The second-order valence-corrected chi connectivity index (χ2v) is 4.08. The Morgan fingerprint density at radius 1 is 1.53 bits per heavy atom. The minimum absolute atomic E-state index is 0.0236. The molecular formula is C8H12N4O4S. The quantitative estimate of drug-likeness (QED) is 0.440. The zero-order chi connectivity index (χ0) is 12.6. The number of hydrogen-bond donors (Lipinski definition) is 4. The van der Waals surface area contributed by atoms with Crippen molar-refractivity contribution < 1.29 is 20.1 Å². The van der Waals surface area contributed by atoms with Gasteiger partial charge in [0, 0.05) is 0 Å². The summed E-state index contributed by atoms with van der Waals surface area (Å²) in [5.41, 5.74) is 5.34. The Hall–Kier alpha value is -1.13. The average molecular weight is 260 g/mol. The number of aromatic nitrogens is 3. The molecule has 0 radical (unpaired) electrons. The van der Waals surface area contributed by atoms with Crippen LogP contribution in [0.1, 0.15) is 12.1 Å². The first-order chi connectivity index (χ1) is 8.04. The number of nitrogens with zero attached hydrogens (tertiary/aromatic N) is 3. The first-order valence-corrected chi connectivity index (χ1v) is 5.29. The van der Waals surface area contributed by atoms with Crippen molar-refractivity contribution in [2.75, 3.05) is 6.61 Å².